The van der Waals surface area contributed by atoms with Gasteiger partial charge in [0, 0.05) is 26.3 Å². The minimum Gasteiger partial charge on any atom is -0.478 e. The van der Waals surface area contributed by atoms with Gasteiger partial charge in [0.25, 0.3) is 0 Å². The average molecular weight is 262 g/mol. The number of carboxylic acid groups (broad SMARTS) is 1. The van der Waals surface area contributed by atoms with Crippen molar-refractivity contribution in [3.63, 3.8) is 0 Å². The van der Waals surface area contributed by atoms with Crippen molar-refractivity contribution < 1.29 is 14.7 Å². The van der Waals surface area contributed by atoms with E-state index in [-0.39, 0.29) is 11.9 Å². The van der Waals surface area contributed by atoms with Crippen molar-refractivity contribution >= 4 is 17.6 Å². The van der Waals surface area contributed by atoms with Crippen molar-refractivity contribution in [2.45, 2.75) is 19.4 Å². The van der Waals surface area contributed by atoms with Crippen LogP contribution in [-0.4, -0.2) is 48.6 Å². The van der Waals surface area contributed by atoms with Crippen LogP contribution < -0.4 is 4.90 Å². The standard InChI is InChI=1S/C14H18N2O3/c1-9(13(17)15(2)3)16-7-6-10-8-11(14(18)19)4-5-12(10)16/h4-5,8-9H,6-7H2,1-3H3,(H,18,19). The molecule has 1 aromatic carbocycles. The lowest BCUT2D eigenvalue weighted by atomic mass is 10.1. The molecule has 0 saturated heterocycles. The molecule has 1 aromatic rings. The largest absolute Gasteiger partial charge is 0.478 e. The SMILES string of the molecule is CC(C(=O)N(C)C)N1CCc2cc(C(=O)O)ccc21. The Hall–Kier alpha value is -2.04. The zero-order valence-electron chi connectivity index (χ0n) is 11.4. The number of hydrogen-bond donors (Lipinski definition) is 1. The molecule has 1 amide bonds. The highest BCUT2D eigenvalue weighted by molar-refractivity contribution is 5.90. The number of rotatable bonds is 3. The van der Waals surface area contributed by atoms with Crippen molar-refractivity contribution in [2.24, 2.45) is 0 Å². The Morgan fingerprint density at radius 3 is 2.63 bits per heavy atom. The third-order valence-corrected chi connectivity index (χ3v) is 3.52. The van der Waals surface area contributed by atoms with Crippen LogP contribution >= 0.6 is 0 Å². The number of likely N-dealkylation sites (N-methyl/N-ethyl adjacent to an activating group) is 1. The smallest absolute Gasteiger partial charge is 0.335 e. The summed E-state index contributed by atoms with van der Waals surface area (Å²) in [5, 5.41) is 8.98. The molecule has 0 aromatic heterocycles. The van der Waals surface area contributed by atoms with Gasteiger partial charge >= 0.3 is 5.97 Å². The van der Waals surface area contributed by atoms with Crippen molar-refractivity contribution in [1.82, 2.24) is 4.90 Å². The molecule has 19 heavy (non-hydrogen) atoms. The summed E-state index contributed by atoms with van der Waals surface area (Å²) in [6.45, 7) is 2.63. The van der Waals surface area contributed by atoms with E-state index < -0.39 is 5.97 Å². The maximum absolute atomic E-state index is 12.0. The molecular weight excluding hydrogens is 244 g/mol. The first-order chi connectivity index (χ1) is 8.91. The van der Waals surface area contributed by atoms with Crippen LogP contribution in [0, 0.1) is 0 Å². The maximum atomic E-state index is 12.0. The van der Waals surface area contributed by atoms with E-state index in [9.17, 15) is 9.59 Å². The van der Waals surface area contributed by atoms with Gasteiger partial charge < -0.3 is 14.9 Å². The predicted molar refractivity (Wildman–Crippen MR) is 72.6 cm³/mol. The summed E-state index contributed by atoms with van der Waals surface area (Å²) in [6, 6.07) is 4.86. The number of amides is 1. The summed E-state index contributed by atoms with van der Waals surface area (Å²) in [5.74, 6) is -0.867. The van der Waals surface area contributed by atoms with E-state index in [1.54, 1.807) is 37.2 Å². The van der Waals surface area contributed by atoms with Crippen LogP contribution in [0.25, 0.3) is 0 Å². The average Bonchev–Trinajstić information content (AvgIpc) is 2.79. The van der Waals surface area contributed by atoms with Gasteiger partial charge in [0.1, 0.15) is 6.04 Å². The Morgan fingerprint density at radius 2 is 2.05 bits per heavy atom. The summed E-state index contributed by atoms with van der Waals surface area (Å²) >= 11 is 0. The Labute approximate surface area is 112 Å². The van der Waals surface area contributed by atoms with Crippen LogP contribution in [0.4, 0.5) is 5.69 Å². The molecule has 1 unspecified atom stereocenters. The zero-order chi connectivity index (χ0) is 14.2. The second kappa shape index (κ2) is 4.91. The van der Waals surface area contributed by atoms with Crippen molar-refractivity contribution in [2.75, 3.05) is 25.5 Å². The number of carbonyl (C=O) groups excluding carboxylic acids is 1. The summed E-state index contributed by atoms with van der Waals surface area (Å²) in [6.07, 6.45) is 0.779. The lowest BCUT2D eigenvalue weighted by molar-refractivity contribution is -0.129. The number of benzene rings is 1. The molecule has 0 radical (unpaired) electrons. The first-order valence-corrected chi connectivity index (χ1v) is 6.26. The van der Waals surface area contributed by atoms with E-state index >= 15 is 0 Å². The van der Waals surface area contributed by atoms with E-state index in [1.807, 2.05) is 11.8 Å². The highest BCUT2D eigenvalue weighted by atomic mass is 16.4. The summed E-state index contributed by atoms with van der Waals surface area (Å²) < 4.78 is 0. The van der Waals surface area contributed by atoms with Gasteiger partial charge in [-0.25, -0.2) is 4.79 Å². The Balaban J connectivity index is 2.27. The van der Waals surface area contributed by atoms with E-state index in [0.717, 1.165) is 24.2 Å². The first-order valence-electron chi connectivity index (χ1n) is 6.26. The first kappa shape index (κ1) is 13.4. The van der Waals surface area contributed by atoms with Gasteiger partial charge in [-0.1, -0.05) is 0 Å². The Morgan fingerprint density at radius 1 is 1.37 bits per heavy atom. The zero-order valence-corrected chi connectivity index (χ0v) is 11.4. The molecule has 5 nitrogen and oxygen atoms in total. The van der Waals surface area contributed by atoms with Crippen LogP contribution in [0.3, 0.4) is 0 Å². The molecule has 0 fully saturated rings. The van der Waals surface area contributed by atoms with Crippen LogP contribution in [0.1, 0.15) is 22.8 Å². The van der Waals surface area contributed by atoms with Gasteiger partial charge in [0.2, 0.25) is 5.91 Å². The van der Waals surface area contributed by atoms with Gasteiger partial charge in [0.05, 0.1) is 5.56 Å². The molecular formula is C14H18N2O3. The fraction of sp³-hybridized carbons (Fsp3) is 0.429. The Bertz CT molecular complexity index is 525. The number of anilines is 1. The molecule has 1 atom stereocenters. The molecule has 5 heteroatoms. The lowest BCUT2D eigenvalue weighted by Crippen LogP contribution is -2.44. The normalized spacial score (nSPS) is 15.0. The number of aromatic carboxylic acids is 1. The van der Waals surface area contributed by atoms with Crippen LogP contribution in [0.5, 0.6) is 0 Å². The number of fused-ring (bicyclic) bond motifs is 1. The van der Waals surface area contributed by atoms with E-state index in [4.69, 9.17) is 5.11 Å². The molecule has 1 aliphatic heterocycles. The molecule has 0 bridgehead atoms. The maximum Gasteiger partial charge on any atom is 0.335 e. The minimum atomic E-state index is -0.918. The van der Waals surface area contributed by atoms with E-state index in [2.05, 4.69) is 0 Å². The van der Waals surface area contributed by atoms with Crippen molar-refractivity contribution in [3.8, 4) is 0 Å². The monoisotopic (exact) mass is 262 g/mol. The molecule has 1 heterocycles. The fourth-order valence-corrected chi connectivity index (χ4v) is 2.47. The minimum absolute atomic E-state index is 0.0511. The third kappa shape index (κ3) is 2.41. The number of hydrogen-bond acceptors (Lipinski definition) is 3. The van der Waals surface area contributed by atoms with Gasteiger partial charge in [-0.3, -0.25) is 4.79 Å². The fourth-order valence-electron chi connectivity index (χ4n) is 2.47. The van der Waals surface area contributed by atoms with E-state index in [1.165, 1.54) is 0 Å². The summed E-state index contributed by atoms with van der Waals surface area (Å²) in [4.78, 5) is 26.6. The molecule has 1 N–H and O–H groups in total. The molecule has 0 saturated carbocycles. The quantitative estimate of drug-likeness (QED) is 0.890. The van der Waals surface area contributed by atoms with Crippen LogP contribution in [0.15, 0.2) is 18.2 Å². The lowest BCUT2D eigenvalue weighted by Gasteiger charge is -2.28. The van der Waals surface area contributed by atoms with Gasteiger partial charge in [0.15, 0.2) is 0 Å². The highest BCUT2D eigenvalue weighted by Crippen LogP contribution is 2.30. The number of carbonyl (C=O) groups is 2. The highest BCUT2D eigenvalue weighted by Gasteiger charge is 2.28. The summed E-state index contributed by atoms with van der Waals surface area (Å²) in [7, 11) is 3.48. The molecule has 0 aliphatic carbocycles. The van der Waals surface area contributed by atoms with Crippen molar-refractivity contribution in [1.29, 1.82) is 0 Å². The Kier molecular flexibility index (Phi) is 3.46. The second-order valence-electron chi connectivity index (χ2n) is 5.00. The van der Waals surface area contributed by atoms with E-state index in [0.29, 0.717) is 5.56 Å². The molecule has 0 spiro atoms. The summed E-state index contributed by atoms with van der Waals surface area (Å²) in [5.41, 5.74) is 2.26. The topological polar surface area (TPSA) is 60.9 Å². The molecule has 102 valence electrons. The van der Waals surface area contributed by atoms with Crippen molar-refractivity contribution in [3.05, 3.63) is 29.3 Å². The van der Waals surface area contributed by atoms with Gasteiger partial charge in [-0.2, -0.15) is 0 Å². The molecule has 2 rings (SSSR count). The third-order valence-electron chi connectivity index (χ3n) is 3.52. The molecule has 1 aliphatic rings. The number of carboxylic acids is 1. The van der Waals surface area contributed by atoms with Gasteiger partial charge in [-0.15, -0.1) is 0 Å². The second-order valence-corrected chi connectivity index (χ2v) is 5.00. The predicted octanol–water partition coefficient (Wildman–Crippen LogP) is 1.22. The van der Waals surface area contributed by atoms with Crippen LogP contribution in [-0.2, 0) is 11.2 Å². The number of nitrogens with zero attached hydrogens (tertiary/aromatic N) is 2. The van der Waals surface area contributed by atoms with Crippen LogP contribution in [0.2, 0.25) is 0 Å². The van der Waals surface area contributed by atoms with Gasteiger partial charge in [-0.05, 0) is 37.1 Å².